The molecule has 0 unspecified atom stereocenters. The van der Waals surface area contributed by atoms with Gasteiger partial charge >= 0.3 is 0 Å². The summed E-state index contributed by atoms with van der Waals surface area (Å²) in [5.74, 6) is 0.153. The van der Waals surface area contributed by atoms with Gasteiger partial charge in [-0.3, -0.25) is 9.69 Å². The van der Waals surface area contributed by atoms with E-state index in [1.807, 2.05) is 18.2 Å². The third-order valence-corrected chi connectivity index (χ3v) is 4.63. The van der Waals surface area contributed by atoms with E-state index < -0.39 is 0 Å². The fourth-order valence-corrected chi connectivity index (χ4v) is 3.11. The number of benzene rings is 1. The first kappa shape index (κ1) is 14.1. The van der Waals surface area contributed by atoms with Crippen LogP contribution in [0, 0.1) is 0 Å². The third-order valence-electron chi connectivity index (χ3n) is 4.30. The van der Waals surface area contributed by atoms with Crippen molar-refractivity contribution in [2.45, 2.75) is 25.3 Å². The van der Waals surface area contributed by atoms with E-state index in [2.05, 4.69) is 9.80 Å². The van der Waals surface area contributed by atoms with Crippen molar-refractivity contribution in [1.82, 2.24) is 9.80 Å². The fraction of sp³-hybridized carbons (Fsp3) is 0.562. The number of hydrogen-bond acceptors (Lipinski definition) is 3. The van der Waals surface area contributed by atoms with Crippen molar-refractivity contribution >= 4 is 17.4 Å². The number of nitrogens with zero attached hydrogens (tertiary/aromatic N) is 2. The van der Waals surface area contributed by atoms with Crippen molar-refractivity contribution in [3.05, 3.63) is 34.9 Å². The summed E-state index contributed by atoms with van der Waals surface area (Å²) < 4.78 is 0. The second-order valence-electron chi connectivity index (χ2n) is 5.76. The molecule has 0 aromatic heterocycles. The molecule has 0 bridgehead atoms. The summed E-state index contributed by atoms with van der Waals surface area (Å²) in [4.78, 5) is 17.2. The summed E-state index contributed by atoms with van der Waals surface area (Å²) in [6, 6.07) is 8.18. The molecule has 0 radical (unpaired) electrons. The van der Waals surface area contributed by atoms with E-state index >= 15 is 0 Å². The second-order valence-corrected chi connectivity index (χ2v) is 6.17. The van der Waals surface area contributed by atoms with Gasteiger partial charge in [0.1, 0.15) is 0 Å². The third kappa shape index (κ3) is 3.40. The first-order valence-corrected chi connectivity index (χ1v) is 7.86. The van der Waals surface area contributed by atoms with E-state index in [0.29, 0.717) is 17.0 Å². The normalized spacial score (nSPS) is 21.1. The minimum absolute atomic E-state index is 0.153. The van der Waals surface area contributed by atoms with Crippen LogP contribution in [0.3, 0.4) is 0 Å². The molecule has 1 heterocycles. The van der Waals surface area contributed by atoms with E-state index in [9.17, 15) is 4.79 Å². The summed E-state index contributed by atoms with van der Waals surface area (Å²) in [7, 11) is 0. The molecule has 0 N–H and O–H groups in total. The highest BCUT2D eigenvalue weighted by Crippen LogP contribution is 2.27. The van der Waals surface area contributed by atoms with E-state index in [0.717, 1.165) is 38.8 Å². The van der Waals surface area contributed by atoms with Crippen LogP contribution >= 0.6 is 11.6 Å². The van der Waals surface area contributed by atoms with Crippen molar-refractivity contribution in [1.29, 1.82) is 0 Å². The average Bonchev–Trinajstić information content (AvgIpc) is 3.30. The van der Waals surface area contributed by atoms with Gasteiger partial charge in [0.25, 0.3) is 0 Å². The number of carbonyl (C=O) groups excluding carboxylic acids is 1. The molecular formula is C16H21ClN2O. The van der Waals surface area contributed by atoms with Crippen molar-refractivity contribution in [3.8, 4) is 0 Å². The van der Waals surface area contributed by atoms with Gasteiger partial charge in [0.05, 0.1) is 5.02 Å². The lowest BCUT2D eigenvalue weighted by molar-refractivity contribution is 0.0922. The Kier molecular flexibility index (Phi) is 4.39. The molecule has 3 rings (SSSR count). The molecule has 1 aromatic carbocycles. The summed E-state index contributed by atoms with van der Waals surface area (Å²) in [5, 5.41) is 0.566. The zero-order valence-corrected chi connectivity index (χ0v) is 12.5. The minimum atomic E-state index is 0.153. The Morgan fingerprint density at radius 2 is 1.85 bits per heavy atom. The van der Waals surface area contributed by atoms with Crippen LogP contribution in [0.25, 0.3) is 0 Å². The lowest BCUT2D eigenvalue weighted by atomic mass is 10.1. The van der Waals surface area contributed by atoms with Crippen molar-refractivity contribution < 1.29 is 4.79 Å². The van der Waals surface area contributed by atoms with Crippen LogP contribution < -0.4 is 0 Å². The number of piperazine rings is 1. The molecule has 1 saturated heterocycles. The maximum absolute atomic E-state index is 12.2. The van der Waals surface area contributed by atoms with Gasteiger partial charge in [0, 0.05) is 50.7 Å². The van der Waals surface area contributed by atoms with Gasteiger partial charge < -0.3 is 4.90 Å². The molecule has 1 aliphatic carbocycles. The average molecular weight is 293 g/mol. The summed E-state index contributed by atoms with van der Waals surface area (Å²) in [6.07, 6.45) is 3.32. The topological polar surface area (TPSA) is 23.6 Å². The standard InChI is InChI=1S/C16H21ClN2O/c17-15-4-2-1-3-14(15)16(20)7-8-18-9-11-19(12-10-18)13-5-6-13/h1-4,13H,5-12H2. The number of halogens is 1. The maximum Gasteiger partial charge on any atom is 0.165 e. The molecule has 1 saturated carbocycles. The van der Waals surface area contributed by atoms with Gasteiger partial charge in [-0.25, -0.2) is 0 Å². The molecule has 2 aliphatic rings. The van der Waals surface area contributed by atoms with E-state index in [-0.39, 0.29) is 5.78 Å². The monoisotopic (exact) mass is 292 g/mol. The number of rotatable bonds is 5. The van der Waals surface area contributed by atoms with Crippen molar-refractivity contribution in [2.75, 3.05) is 32.7 Å². The Morgan fingerprint density at radius 1 is 1.15 bits per heavy atom. The minimum Gasteiger partial charge on any atom is -0.300 e. The molecule has 4 heteroatoms. The van der Waals surface area contributed by atoms with Gasteiger partial charge in [-0.1, -0.05) is 23.7 Å². The van der Waals surface area contributed by atoms with Gasteiger partial charge in [0.2, 0.25) is 0 Å². The van der Waals surface area contributed by atoms with Crippen LogP contribution in [0.4, 0.5) is 0 Å². The van der Waals surface area contributed by atoms with Crippen molar-refractivity contribution in [3.63, 3.8) is 0 Å². The SMILES string of the molecule is O=C(CCN1CCN(C2CC2)CC1)c1ccccc1Cl. The lowest BCUT2D eigenvalue weighted by Crippen LogP contribution is -2.47. The van der Waals surface area contributed by atoms with Crippen molar-refractivity contribution in [2.24, 2.45) is 0 Å². The summed E-state index contributed by atoms with van der Waals surface area (Å²) in [6.45, 7) is 5.34. The van der Waals surface area contributed by atoms with E-state index in [4.69, 9.17) is 11.6 Å². The molecule has 0 atom stereocenters. The Morgan fingerprint density at radius 3 is 2.50 bits per heavy atom. The molecule has 1 aromatic rings. The highest BCUT2D eigenvalue weighted by Gasteiger charge is 2.31. The van der Waals surface area contributed by atoms with Crippen LogP contribution in [0.5, 0.6) is 0 Å². The summed E-state index contributed by atoms with van der Waals surface area (Å²) >= 11 is 6.06. The van der Waals surface area contributed by atoms with Gasteiger partial charge in [-0.15, -0.1) is 0 Å². The smallest absolute Gasteiger partial charge is 0.165 e. The van der Waals surface area contributed by atoms with Crippen LogP contribution in [0.1, 0.15) is 29.6 Å². The Labute approximate surface area is 125 Å². The number of ketones is 1. The lowest BCUT2D eigenvalue weighted by Gasteiger charge is -2.34. The molecule has 2 fully saturated rings. The molecule has 108 valence electrons. The zero-order valence-electron chi connectivity index (χ0n) is 11.7. The van der Waals surface area contributed by atoms with E-state index in [1.165, 1.54) is 12.8 Å². The molecule has 20 heavy (non-hydrogen) atoms. The largest absolute Gasteiger partial charge is 0.300 e. The van der Waals surface area contributed by atoms with Crippen LogP contribution in [0.15, 0.2) is 24.3 Å². The molecule has 1 aliphatic heterocycles. The van der Waals surface area contributed by atoms with E-state index in [1.54, 1.807) is 6.07 Å². The van der Waals surface area contributed by atoms with Gasteiger partial charge in [0.15, 0.2) is 5.78 Å². The van der Waals surface area contributed by atoms with Crippen LogP contribution in [-0.4, -0.2) is 54.3 Å². The quantitative estimate of drug-likeness (QED) is 0.780. The zero-order chi connectivity index (χ0) is 13.9. The van der Waals surface area contributed by atoms with Gasteiger partial charge in [-0.05, 0) is 25.0 Å². The van der Waals surface area contributed by atoms with Gasteiger partial charge in [-0.2, -0.15) is 0 Å². The highest BCUT2D eigenvalue weighted by molar-refractivity contribution is 6.33. The number of hydrogen-bond donors (Lipinski definition) is 0. The summed E-state index contributed by atoms with van der Waals surface area (Å²) in [5.41, 5.74) is 0.658. The fourth-order valence-electron chi connectivity index (χ4n) is 2.87. The first-order valence-electron chi connectivity index (χ1n) is 7.48. The number of carbonyl (C=O) groups is 1. The second kappa shape index (κ2) is 6.25. The molecule has 3 nitrogen and oxygen atoms in total. The Balaban J connectivity index is 1.45. The highest BCUT2D eigenvalue weighted by atomic mass is 35.5. The number of Topliss-reactive ketones (excluding diaryl/α,β-unsaturated/α-hetero) is 1. The predicted octanol–water partition coefficient (Wildman–Crippen LogP) is 2.69. The molecule has 0 spiro atoms. The van der Waals surface area contributed by atoms with Crippen LogP contribution in [0.2, 0.25) is 5.02 Å². The Hall–Kier alpha value is -0.900. The first-order chi connectivity index (χ1) is 9.74. The maximum atomic E-state index is 12.2. The molecular weight excluding hydrogens is 272 g/mol. The molecule has 0 amide bonds. The predicted molar refractivity (Wildman–Crippen MR) is 81.4 cm³/mol. The Bertz CT molecular complexity index is 479. The van der Waals surface area contributed by atoms with Crippen LogP contribution in [-0.2, 0) is 0 Å².